The Bertz CT molecular complexity index is 739. The molecule has 0 fully saturated rings. The van der Waals surface area contributed by atoms with Crippen molar-refractivity contribution >= 4 is 21.7 Å². The number of ether oxygens (including phenoxy) is 3. The molecular formula is C15H9BrO4. The predicted octanol–water partition coefficient (Wildman–Crippen LogP) is 3.30. The number of hydrogen-bond acceptors (Lipinski definition) is 4. The van der Waals surface area contributed by atoms with E-state index in [1.165, 1.54) is 0 Å². The summed E-state index contributed by atoms with van der Waals surface area (Å²) in [6, 6.07) is 8.98. The average molecular weight is 333 g/mol. The highest BCUT2D eigenvalue weighted by atomic mass is 79.9. The first-order valence-corrected chi connectivity index (χ1v) is 6.91. The first kappa shape index (κ1) is 11.8. The molecule has 0 unspecified atom stereocenters. The molecule has 0 radical (unpaired) electrons. The van der Waals surface area contributed by atoms with Crippen LogP contribution in [0.15, 0.2) is 34.8 Å². The van der Waals surface area contributed by atoms with Crippen LogP contribution in [0.1, 0.15) is 21.5 Å². The van der Waals surface area contributed by atoms with Gasteiger partial charge >= 0.3 is 0 Å². The number of benzene rings is 2. The second-order valence-electron chi connectivity index (χ2n) is 4.62. The molecule has 2 aliphatic heterocycles. The van der Waals surface area contributed by atoms with Crippen LogP contribution < -0.4 is 14.2 Å². The summed E-state index contributed by atoms with van der Waals surface area (Å²) >= 11 is 3.41. The maximum atomic E-state index is 12.6. The molecule has 0 bridgehead atoms. The van der Waals surface area contributed by atoms with E-state index < -0.39 is 0 Å². The van der Waals surface area contributed by atoms with Crippen LogP contribution in [0.3, 0.4) is 0 Å². The summed E-state index contributed by atoms with van der Waals surface area (Å²) in [5, 5.41) is 0. The SMILES string of the molecule is O=C1c2ccc(Br)cc2COc2cc3c(cc21)OCO3. The van der Waals surface area contributed by atoms with Gasteiger partial charge in [0, 0.05) is 21.7 Å². The van der Waals surface area contributed by atoms with Crippen molar-refractivity contribution in [3.05, 3.63) is 51.5 Å². The standard InChI is InChI=1S/C15H9BrO4/c16-9-1-2-10-8(3-9)6-18-12-5-14-13(19-7-20-14)4-11(12)15(10)17/h1-5H,6-7H2. The molecule has 4 nitrogen and oxygen atoms in total. The molecule has 2 heterocycles. The molecule has 5 heteroatoms. The lowest BCUT2D eigenvalue weighted by Gasteiger charge is -2.07. The highest BCUT2D eigenvalue weighted by Crippen LogP contribution is 2.40. The van der Waals surface area contributed by atoms with Gasteiger partial charge < -0.3 is 14.2 Å². The largest absolute Gasteiger partial charge is 0.488 e. The maximum Gasteiger partial charge on any atom is 0.231 e. The van der Waals surface area contributed by atoms with E-state index in [0.29, 0.717) is 35.0 Å². The molecule has 0 amide bonds. The lowest BCUT2D eigenvalue weighted by atomic mass is 9.99. The van der Waals surface area contributed by atoms with Gasteiger partial charge in [0.1, 0.15) is 12.4 Å². The van der Waals surface area contributed by atoms with E-state index in [-0.39, 0.29) is 12.6 Å². The fourth-order valence-corrected chi connectivity index (χ4v) is 2.83. The van der Waals surface area contributed by atoms with E-state index in [4.69, 9.17) is 14.2 Å². The zero-order chi connectivity index (χ0) is 13.7. The van der Waals surface area contributed by atoms with Gasteiger partial charge in [0.25, 0.3) is 0 Å². The van der Waals surface area contributed by atoms with E-state index in [2.05, 4.69) is 15.9 Å². The molecule has 0 saturated carbocycles. The van der Waals surface area contributed by atoms with Crippen LogP contribution >= 0.6 is 15.9 Å². The molecule has 20 heavy (non-hydrogen) atoms. The van der Waals surface area contributed by atoms with E-state index in [0.717, 1.165) is 10.0 Å². The highest BCUT2D eigenvalue weighted by Gasteiger charge is 2.26. The van der Waals surface area contributed by atoms with Crippen LogP contribution in [0.25, 0.3) is 0 Å². The Balaban J connectivity index is 1.89. The van der Waals surface area contributed by atoms with Gasteiger partial charge in [-0.3, -0.25) is 4.79 Å². The van der Waals surface area contributed by atoms with Crippen molar-refractivity contribution in [1.82, 2.24) is 0 Å². The molecule has 0 saturated heterocycles. The van der Waals surface area contributed by atoms with Crippen LogP contribution in [0.2, 0.25) is 0 Å². The van der Waals surface area contributed by atoms with E-state index in [1.807, 2.05) is 18.2 Å². The van der Waals surface area contributed by atoms with Gasteiger partial charge in [0.15, 0.2) is 17.3 Å². The third-order valence-electron chi connectivity index (χ3n) is 3.41. The van der Waals surface area contributed by atoms with Crippen molar-refractivity contribution in [3.8, 4) is 17.2 Å². The minimum Gasteiger partial charge on any atom is -0.488 e. The Kier molecular flexibility index (Phi) is 2.50. The summed E-state index contributed by atoms with van der Waals surface area (Å²) in [5.74, 6) is 1.68. The Morgan fingerprint density at radius 1 is 0.900 bits per heavy atom. The second kappa shape index (κ2) is 4.24. The molecule has 0 aromatic heterocycles. The maximum absolute atomic E-state index is 12.6. The minimum absolute atomic E-state index is 0.0571. The number of rotatable bonds is 0. The smallest absolute Gasteiger partial charge is 0.231 e. The average Bonchev–Trinajstić information content (AvgIpc) is 2.85. The molecule has 0 atom stereocenters. The van der Waals surface area contributed by atoms with Crippen molar-refractivity contribution in [2.45, 2.75) is 6.61 Å². The van der Waals surface area contributed by atoms with Gasteiger partial charge in [-0.1, -0.05) is 15.9 Å². The van der Waals surface area contributed by atoms with E-state index >= 15 is 0 Å². The Morgan fingerprint density at radius 2 is 1.70 bits per heavy atom. The van der Waals surface area contributed by atoms with Crippen LogP contribution in [0.5, 0.6) is 17.2 Å². The zero-order valence-electron chi connectivity index (χ0n) is 10.3. The number of ketones is 1. The molecule has 0 N–H and O–H groups in total. The fraction of sp³-hybridized carbons (Fsp3) is 0.133. The number of fused-ring (bicyclic) bond motifs is 3. The summed E-state index contributed by atoms with van der Waals surface area (Å²) in [7, 11) is 0. The van der Waals surface area contributed by atoms with Crippen molar-refractivity contribution in [2.75, 3.05) is 6.79 Å². The van der Waals surface area contributed by atoms with Crippen molar-refractivity contribution < 1.29 is 19.0 Å². The molecule has 4 rings (SSSR count). The number of carbonyl (C=O) groups is 1. The second-order valence-corrected chi connectivity index (χ2v) is 5.54. The first-order chi connectivity index (χ1) is 9.72. The summed E-state index contributed by atoms with van der Waals surface area (Å²) in [4.78, 5) is 12.6. The number of hydrogen-bond donors (Lipinski definition) is 0. The zero-order valence-corrected chi connectivity index (χ0v) is 11.9. The summed E-state index contributed by atoms with van der Waals surface area (Å²) < 4.78 is 17.3. The van der Waals surface area contributed by atoms with Crippen LogP contribution in [0.4, 0.5) is 0 Å². The third-order valence-corrected chi connectivity index (χ3v) is 3.91. The van der Waals surface area contributed by atoms with Crippen molar-refractivity contribution in [2.24, 2.45) is 0 Å². The summed E-state index contributed by atoms with van der Waals surface area (Å²) in [5.41, 5.74) is 2.03. The van der Waals surface area contributed by atoms with Crippen LogP contribution in [-0.4, -0.2) is 12.6 Å². The van der Waals surface area contributed by atoms with Gasteiger partial charge in [-0.2, -0.15) is 0 Å². The third kappa shape index (κ3) is 1.70. The molecule has 100 valence electrons. The van der Waals surface area contributed by atoms with Crippen molar-refractivity contribution in [1.29, 1.82) is 0 Å². The molecule has 0 spiro atoms. The lowest BCUT2D eigenvalue weighted by molar-refractivity contribution is 0.103. The normalized spacial score (nSPS) is 15.2. The van der Waals surface area contributed by atoms with Gasteiger partial charge in [0.05, 0.1) is 5.56 Å². The summed E-state index contributed by atoms with van der Waals surface area (Å²) in [6.07, 6.45) is 0. The molecule has 0 aliphatic carbocycles. The lowest BCUT2D eigenvalue weighted by Crippen LogP contribution is -2.02. The van der Waals surface area contributed by atoms with E-state index in [9.17, 15) is 4.79 Å². The first-order valence-electron chi connectivity index (χ1n) is 6.12. The van der Waals surface area contributed by atoms with Gasteiger partial charge in [-0.15, -0.1) is 0 Å². The monoisotopic (exact) mass is 332 g/mol. The topological polar surface area (TPSA) is 44.8 Å². The molecular weight excluding hydrogens is 324 g/mol. The minimum atomic E-state index is -0.0571. The van der Waals surface area contributed by atoms with Crippen LogP contribution in [0, 0.1) is 0 Å². The number of carbonyl (C=O) groups excluding carboxylic acids is 1. The summed E-state index contributed by atoms with van der Waals surface area (Å²) in [6.45, 7) is 0.531. The van der Waals surface area contributed by atoms with E-state index in [1.54, 1.807) is 12.1 Å². The Hall–Kier alpha value is -2.01. The predicted molar refractivity (Wildman–Crippen MR) is 74.5 cm³/mol. The molecule has 2 aromatic rings. The Morgan fingerprint density at radius 3 is 2.55 bits per heavy atom. The quantitative estimate of drug-likeness (QED) is 0.742. The molecule has 2 aromatic carbocycles. The van der Waals surface area contributed by atoms with Crippen molar-refractivity contribution in [3.63, 3.8) is 0 Å². The van der Waals surface area contributed by atoms with Gasteiger partial charge in [-0.05, 0) is 24.3 Å². The highest BCUT2D eigenvalue weighted by molar-refractivity contribution is 9.10. The Labute approximate surface area is 123 Å². The van der Waals surface area contributed by atoms with Gasteiger partial charge in [-0.25, -0.2) is 0 Å². The fourth-order valence-electron chi connectivity index (χ4n) is 2.42. The van der Waals surface area contributed by atoms with Crippen LogP contribution in [-0.2, 0) is 6.61 Å². The van der Waals surface area contributed by atoms with Gasteiger partial charge in [0.2, 0.25) is 6.79 Å². The number of halogens is 1. The molecule has 2 aliphatic rings.